The van der Waals surface area contributed by atoms with Crippen molar-refractivity contribution in [3.05, 3.63) is 22.8 Å². The van der Waals surface area contributed by atoms with Crippen molar-refractivity contribution in [1.29, 1.82) is 0 Å². The van der Waals surface area contributed by atoms with E-state index in [0.717, 1.165) is 30.2 Å². The quantitative estimate of drug-likeness (QED) is 0.833. The molecule has 1 aromatic rings. The molecular formula is C16H29N3O. The molecule has 1 N–H and O–H groups in total. The lowest BCUT2D eigenvalue weighted by molar-refractivity contribution is -0.0210. The molecule has 1 rings (SSSR count). The second kappa shape index (κ2) is 7.14. The molecular weight excluding hydrogens is 250 g/mol. The van der Waals surface area contributed by atoms with Crippen LogP contribution in [-0.4, -0.2) is 29.2 Å². The number of hydrogen-bond acceptors (Lipinski definition) is 4. The van der Waals surface area contributed by atoms with Gasteiger partial charge in [0.2, 0.25) is 0 Å². The molecule has 0 spiro atoms. The van der Waals surface area contributed by atoms with Gasteiger partial charge in [-0.3, -0.25) is 0 Å². The number of aryl methyl sites for hydroxylation is 2. The van der Waals surface area contributed by atoms with E-state index >= 15 is 0 Å². The topological polar surface area (TPSA) is 47.0 Å². The van der Waals surface area contributed by atoms with Gasteiger partial charge in [0.15, 0.2) is 5.82 Å². The largest absolute Gasteiger partial charge is 0.368 e. The summed E-state index contributed by atoms with van der Waals surface area (Å²) in [7, 11) is 0. The van der Waals surface area contributed by atoms with Gasteiger partial charge in [-0.05, 0) is 53.1 Å². The van der Waals surface area contributed by atoms with Crippen LogP contribution in [-0.2, 0) is 16.8 Å². The monoisotopic (exact) mass is 279 g/mol. The molecule has 0 atom stereocenters. The van der Waals surface area contributed by atoms with Gasteiger partial charge in [0.05, 0.1) is 0 Å². The molecule has 0 aliphatic rings. The highest BCUT2D eigenvalue weighted by Gasteiger charge is 2.25. The van der Waals surface area contributed by atoms with Gasteiger partial charge in [0.25, 0.3) is 0 Å². The van der Waals surface area contributed by atoms with Gasteiger partial charge in [-0.15, -0.1) is 0 Å². The minimum absolute atomic E-state index is 0.432. The fraction of sp³-hybridized carbons (Fsp3) is 0.750. The van der Waals surface area contributed by atoms with Crippen molar-refractivity contribution in [2.75, 3.05) is 13.2 Å². The van der Waals surface area contributed by atoms with Crippen LogP contribution in [0.3, 0.4) is 0 Å². The van der Waals surface area contributed by atoms with E-state index in [2.05, 4.69) is 43.0 Å². The molecule has 1 aromatic heterocycles. The number of ether oxygens (including phenoxy) is 1. The van der Waals surface area contributed by atoms with Crippen LogP contribution in [0.15, 0.2) is 0 Å². The first-order chi connectivity index (χ1) is 9.27. The smallest absolute Gasteiger partial charge is 0.160 e. The molecule has 0 bridgehead atoms. The zero-order chi connectivity index (χ0) is 15.3. The first kappa shape index (κ1) is 17.1. The van der Waals surface area contributed by atoms with Crippen LogP contribution < -0.4 is 5.32 Å². The maximum atomic E-state index is 5.74. The van der Waals surface area contributed by atoms with Crippen molar-refractivity contribution in [1.82, 2.24) is 15.3 Å². The summed E-state index contributed by atoms with van der Waals surface area (Å²) in [5.41, 5.74) is 2.93. The Morgan fingerprint density at radius 2 is 1.70 bits per heavy atom. The van der Waals surface area contributed by atoms with Crippen LogP contribution >= 0.6 is 0 Å². The number of aromatic nitrogens is 2. The van der Waals surface area contributed by atoms with Crippen LogP contribution in [0.4, 0.5) is 0 Å². The predicted molar refractivity (Wildman–Crippen MR) is 83.0 cm³/mol. The molecule has 20 heavy (non-hydrogen) atoms. The number of nitrogens with one attached hydrogen (secondary N) is 1. The Kier molecular flexibility index (Phi) is 6.08. The van der Waals surface area contributed by atoms with Gasteiger partial charge in [0.1, 0.15) is 5.60 Å². The first-order valence-corrected chi connectivity index (χ1v) is 7.49. The maximum absolute atomic E-state index is 5.74. The standard InChI is InChI=1S/C16H29N3O/c1-8-20-16(6,7)15-18-12(4)14(13(5)19-15)9-10-17-11(2)3/h11,17H,8-10H2,1-7H3. The minimum atomic E-state index is -0.432. The Hall–Kier alpha value is -1.00. The zero-order valence-electron chi connectivity index (χ0n) is 14.0. The average molecular weight is 279 g/mol. The van der Waals surface area contributed by atoms with E-state index in [0.29, 0.717) is 12.6 Å². The Balaban J connectivity index is 2.91. The highest BCUT2D eigenvalue weighted by atomic mass is 16.5. The third-order valence-corrected chi connectivity index (χ3v) is 3.39. The molecule has 0 aromatic carbocycles. The third-order valence-electron chi connectivity index (χ3n) is 3.39. The van der Waals surface area contributed by atoms with E-state index < -0.39 is 5.60 Å². The van der Waals surface area contributed by atoms with Crippen molar-refractivity contribution < 1.29 is 4.74 Å². The highest BCUT2D eigenvalue weighted by molar-refractivity contribution is 5.26. The molecule has 114 valence electrons. The van der Waals surface area contributed by atoms with Crippen LogP contribution in [0, 0.1) is 13.8 Å². The normalized spacial score (nSPS) is 12.2. The van der Waals surface area contributed by atoms with E-state index in [4.69, 9.17) is 4.74 Å². The van der Waals surface area contributed by atoms with Gasteiger partial charge >= 0.3 is 0 Å². The molecule has 1 heterocycles. The molecule has 4 heteroatoms. The maximum Gasteiger partial charge on any atom is 0.160 e. The van der Waals surface area contributed by atoms with Gasteiger partial charge in [-0.25, -0.2) is 9.97 Å². The zero-order valence-corrected chi connectivity index (χ0v) is 14.0. The summed E-state index contributed by atoms with van der Waals surface area (Å²) in [4.78, 5) is 9.32. The van der Waals surface area contributed by atoms with E-state index in [1.807, 2.05) is 20.8 Å². The highest BCUT2D eigenvalue weighted by Crippen LogP contribution is 2.23. The van der Waals surface area contributed by atoms with E-state index in [1.54, 1.807) is 0 Å². The number of hydrogen-bond donors (Lipinski definition) is 1. The minimum Gasteiger partial charge on any atom is -0.368 e. The van der Waals surface area contributed by atoms with Crippen molar-refractivity contribution in [3.8, 4) is 0 Å². The lowest BCUT2D eigenvalue weighted by atomic mass is 10.0. The average Bonchev–Trinajstić information content (AvgIpc) is 2.32. The second-order valence-corrected chi connectivity index (χ2v) is 6.00. The fourth-order valence-electron chi connectivity index (χ4n) is 2.28. The lowest BCUT2D eigenvalue weighted by Gasteiger charge is -2.24. The molecule has 0 fully saturated rings. The summed E-state index contributed by atoms with van der Waals surface area (Å²) >= 11 is 0. The Bertz CT molecular complexity index is 418. The number of nitrogens with zero attached hydrogens (tertiary/aromatic N) is 2. The van der Waals surface area contributed by atoms with Crippen LogP contribution in [0.2, 0.25) is 0 Å². The van der Waals surface area contributed by atoms with Crippen molar-refractivity contribution in [2.24, 2.45) is 0 Å². The van der Waals surface area contributed by atoms with Gasteiger partial charge < -0.3 is 10.1 Å². The van der Waals surface area contributed by atoms with Crippen molar-refractivity contribution >= 4 is 0 Å². The lowest BCUT2D eigenvalue weighted by Crippen LogP contribution is -2.28. The third kappa shape index (κ3) is 4.53. The second-order valence-electron chi connectivity index (χ2n) is 6.00. The molecule has 0 unspecified atom stereocenters. The summed E-state index contributed by atoms with van der Waals surface area (Å²) in [5, 5.41) is 3.43. The molecule has 0 aliphatic heterocycles. The van der Waals surface area contributed by atoms with Gasteiger partial charge in [-0.1, -0.05) is 13.8 Å². The predicted octanol–water partition coefficient (Wildman–Crippen LogP) is 2.91. The Labute approximate surface area is 123 Å². The van der Waals surface area contributed by atoms with Gasteiger partial charge in [0, 0.05) is 24.0 Å². The van der Waals surface area contributed by atoms with Crippen molar-refractivity contribution in [3.63, 3.8) is 0 Å². The van der Waals surface area contributed by atoms with Crippen LogP contribution in [0.5, 0.6) is 0 Å². The Morgan fingerprint density at radius 1 is 1.15 bits per heavy atom. The summed E-state index contributed by atoms with van der Waals surface area (Å²) in [6.07, 6.45) is 0.963. The molecule has 0 saturated heterocycles. The van der Waals surface area contributed by atoms with E-state index in [9.17, 15) is 0 Å². The Morgan fingerprint density at radius 3 is 2.15 bits per heavy atom. The summed E-state index contributed by atoms with van der Waals surface area (Å²) in [5.74, 6) is 0.773. The summed E-state index contributed by atoms with van der Waals surface area (Å²) < 4.78 is 5.74. The van der Waals surface area contributed by atoms with E-state index in [-0.39, 0.29) is 0 Å². The van der Waals surface area contributed by atoms with E-state index in [1.165, 1.54) is 5.56 Å². The van der Waals surface area contributed by atoms with Crippen LogP contribution in [0.25, 0.3) is 0 Å². The molecule has 0 radical (unpaired) electrons. The molecule has 4 nitrogen and oxygen atoms in total. The summed E-state index contributed by atoms with van der Waals surface area (Å²) in [6.45, 7) is 16.1. The molecule has 0 saturated carbocycles. The SMILES string of the molecule is CCOC(C)(C)c1nc(C)c(CCNC(C)C)c(C)n1. The van der Waals surface area contributed by atoms with Crippen LogP contribution in [0.1, 0.15) is 57.4 Å². The number of rotatable bonds is 7. The molecule has 0 aliphatic carbocycles. The van der Waals surface area contributed by atoms with Crippen molar-refractivity contribution in [2.45, 2.75) is 66.5 Å². The summed E-state index contributed by atoms with van der Waals surface area (Å²) in [6, 6.07) is 0.507. The molecule has 0 amide bonds. The van der Waals surface area contributed by atoms with Gasteiger partial charge in [-0.2, -0.15) is 0 Å². The fourth-order valence-corrected chi connectivity index (χ4v) is 2.28. The first-order valence-electron chi connectivity index (χ1n) is 7.49.